The SMILES string of the molecule is O=C(COc1cc(S(=O)(=O)O)c2ccc3c(S(=O)(=O)O)cc(S(=O)(=O)O)c4ccc1c2c43)NC1CCC(C(=O)O)CC1. The Balaban J connectivity index is 1.64. The number of carboxylic acid groups (broad SMARTS) is 1. The third-order valence-electron chi connectivity index (χ3n) is 7.38. The number of aliphatic carboxylic acids is 1. The molecule has 1 aliphatic carbocycles. The second kappa shape index (κ2) is 10.3. The van der Waals surface area contributed by atoms with Crippen LogP contribution in [0.15, 0.2) is 51.1 Å². The van der Waals surface area contributed by atoms with Crippen LogP contribution in [-0.2, 0) is 39.9 Å². The number of nitrogens with one attached hydrogen (secondary N) is 1. The van der Waals surface area contributed by atoms with Crippen LogP contribution in [0.2, 0.25) is 0 Å². The van der Waals surface area contributed by atoms with E-state index < -0.39 is 69.4 Å². The predicted molar refractivity (Wildman–Crippen MR) is 147 cm³/mol. The quantitative estimate of drug-likeness (QED) is 0.137. The minimum Gasteiger partial charge on any atom is -0.483 e. The van der Waals surface area contributed by atoms with E-state index in [4.69, 9.17) is 9.84 Å². The zero-order chi connectivity index (χ0) is 30.8. The number of hydrogen-bond acceptors (Lipinski definition) is 9. The second-order valence-corrected chi connectivity index (χ2v) is 14.2. The van der Waals surface area contributed by atoms with Gasteiger partial charge in [0.1, 0.15) is 20.4 Å². The molecule has 0 radical (unpaired) electrons. The highest BCUT2D eigenvalue weighted by molar-refractivity contribution is 7.87. The molecule has 1 aliphatic rings. The fraction of sp³-hybridized carbons (Fsp3) is 0.280. The van der Waals surface area contributed by atoms with Crippen LogP contribution in [0.25, 0.3) is 32.3 Å². The van der Waals surface area contributed by atoms with Crippen LogP contribution in [0.4, 0.5) is 0 Å². The third-order valence-corrected chi connectivity index (χ3v) is 10.1. The Labute approximate surface area is 238 Å². The topological polar surface area (TPSA) is 239 Å². The summed E-state index contributed by atoms with van der Waals surface area (Å²) in [6.07, 6.45) is 1.62. The van der Waals surface area contributed by atoms with Crippen molar-refractivity contribution in [2.24, 2.45) is 5.92 Å². The molecule has 17 heteroatoms. The van der Waals surface area contributed by atoms with Gasteiger partial charge in [-0.1, -0.05) is 18.2 Å². The number of rotatable bonds is 8. The van der Waals surface area contributed by atoms with Crippen LogP contribution in [0.1, 0.15) is 25.7 Å². The van der Waals surface area contributed by atoms with Crippen molar-refractivity contribution in [2.45, 2.75) is 46.4 Å². The van der Waals surface area contributed by atoms with Gasteiger partial charge in [-0.15, -0.1) is 0 Å². The Bertz CT molecular complexity index is 2050. The molecule has 5 N–H and O–H groups in total. The first-order valence-electron chi connectivity index (χ1n) is 12.3. The van der Waals surface area contributed by atoms with E-state index in [0.717, 1.165) is 18.2 Å². The summed E-state index contributed by atoms with van der Waals surface area (Å²) < 4.78 is 109. The van der Waals surface area contributed by atoms with Crippen LogP contribution in [0.5, 0.6) is 5.75 Å². The van der Waals surface area contributed by atoms with Gasteiger partial charge in [-0.3, -0.25) is 23.2 Å². The fourth-order valence-electron chi connectivity index (χ4n) is 5.52. The zero-order valence-corrected chi connectivity index (χ0v) is 23.8. The minimum absolute atomic E-state index is 0.0853. The number of carboxylic acids is 1. The summed E-state index contributed by atoms with van der Waals surface area (Å²) in [5.74, 6) is -2.23. The highest BCUT2D eigenvalue weighted by atomic mass is 32.2. The maximum atomic E-state index is 12.7. The molecule has 0 aromatic heterocycles. The Morgan fingerprint density at radius 2 is 1.14 bits per heavy atom. The molecule has 0 bridgehead atoms. The lowest BCUT2D eigenvalue weighted by Crippen LogP contribution is -2.40. The van der Waals surface area contributed by atoms with E-state index in [9.17, 15) is 48.5 Å². The molecule has 0 heterocycles. The van der Waals surface area contributed by atoms with E-state index in [-0.39, 0.29) is 44.1 Å². The smallest absolute Gasteiger partial charge is 0.306 e. The summed E-state index contributed by atoms with van der Waals surface area (Å²) in [6, 6.07) is 6.01. The molecule has 42 heavy (non-hydrogen) atoms. The summed E-state index contributed by atoms with van der Waals surface area (Å²) in [6.45, 7) is -0.625. The van der Waals surface area contributed by atoms with Gasteiger partial charge < -0.3 is 15.2 Å². The Hall–Kier alpha value is -3.61. The largest absolute Gasteiger partial charge is 0.483 e. The van der Waals surface area contributed by atoms with Crippen molar-refractivity contribution < 1.29 is 58.3 Å². The third kappa shape index (κ3) is 5.46. The Morgan fingerprint density at radius 3 is 1.60 bits per heavy atom. The van der Waals surface area contributed by atoms with Crippen molar-refractivity contribution in [1.82, 2.24) is 5.32 Å². The van der Waals surface area contributed by atoms with Gasteiger partial charge in [0.05, 0.1) is 5.92 Å². The summed E-state index contributed by atoms with van der Waals surface area (Å²) in [5.41, 5.74) is 0. The lowest BCUT2D eigenvalue weighted by atomic mass is 9.86. The molecule has 5 rings (SSSR count). The highest BCUT2D eigenvalue weighted by Gasteiger charge is 2.29. The van der Waals surface area contributed by atoms with Crippen LogP contribution in [0, 0.1) is 5.92 Å². The van der Waals surface area contributed by atoms with Gasteiger partial charge in [-0.25, -0.2) is 0 Å². The molecule has 4 aromatic carbocycles. The Morgan fingerprint density at radius 1 is 0.714 bits per heavy atom. The molecular weight excluding hydrogens is 618 g/mol. The maximum absolute atomic E-state index is 12.7. The number of ether oxygens (including phenoxy) is 1. The molecule has 0 aliphatic heterocycles. The van der Waals surface area contributed by atoms with Crippen molar-refractivity contribution >= 4 is 74.5 Å². The molecule has 1 fully saturated rings. The molecule has 0 saturated heterocycles. The van der Waals surface area contributed by atoms with Gasteiger partial charge in [0.15, 0.2) is 6.61 Å². The van der Waals surface area contributed by atoms with Gasteiger partial charge in [-0.05, 0) is 37.8 Å². The van der Waals surface area contributed by atoms with Gasteiger partial charge in [0.2, 0.25) is 0 Å². The van der Waals surface area contributed by atoms with Crippen molar-refractivity contribution in [3.05, 3.63) is 36.4 Å². The number of benzene rings is 4. The van der Waals surface area contributed by atoms with Gasteiger partial charge in [0.25, 0.3) is 36.3 Å². The van der Waals surface area contributed by atoms with Crippen molar-refractivity contribution in [3.8, 4) is 5.75 Å². The average Bonchev–Trinajstić information content (AvgIpc) is 2.88. The molecule has 0 unspecified atom stereocenters. The van der Waals surface area contributed by atoms with E-state index in [1.807, 2.05) is 0 Å². The second-order valence-electron chi connectivity index (χ2n) is 9.99. The van der Waals surface area contributed by atoms with Crippen molar-refractivity contribution in [3.63, 3.8) is 0 Å². The van der Waals surface area contributed by atoms with E-state index in [2.05, 4.69) is 5.32 Å². The van der Waals surface area contributed by atoms with E-state index in [0.29, 0.717) is 31.7 Å². The molecule has 224 valence electrons. The monoisotopic (exact) mass is 641 g/mol. The summed E-state index contributed by atoms with van der Waals surface area (Å²) >= 11 is 0. The maximum Gasteiger partial charge on any atom is 0.306 e. The standard InChI is InChI=1S/C25H23NO13S3/c27-22(26-13-3-1-12(2-4-13)25(28)29)11-39-18-9-19(40(30,31)32)15-7-8-17-21(42(36,37)38)10-20(41(33,34)35)16-6-5-14(18)23(15)24(16)17/h5-10,12-13H,1-4,11H2,(H,26,27)(H,28,29)(H,30,31,32)(H,33,34,35)(H,36,37,38). The number of carbonyl (C=O) groups excluding carboxylic acids is 1. The summed E-state index contributed by atoms with van der Waals surface area (Å²) in [5, 5.41) is 11.1. The number of carbonyl (C=O) groups is 2. The summed E-state index contributed by atoms with van der Waals surface area (Å²) in [4.78, 5) is 21.4. The first-order chi connectivity index (χ1) is 19.5. The van der Waals surface area contributed by atoms with E-state index in [1.165, 1.54) is 12.1 Å². The van der Waals surface area contributed by atoms with Crippen LogP contribution in [0.3, 0.4) is 0 Å². The highest BCUT2D eigenvalue weighted by Crippen LogP contribution is 2.45. The predicted octanol–water partition coefficient (Wildman–Crippen LogP) is 2.46. The zero-order valence-electron chi connectivity index (χ0n) is 21.3. The van der Waals surface area contributed by atoms with Gasteiger partial charge in [-0.2, -0.15) is 25.3 Å². The van der Waals surface area contributed by atoms with E-state index in [1.54, 1.807) is 0 Å². The molecular formula is C25H23NO13S3. The lowest BCUT2D eigenvalue weighted by Gasteiger charge is -2.26. The Kier molecular flexibility index (Phi) is 7.31. The molecule has 14 nitrogen and oxygen atoms in total. The van der Waals surface area contributed by atoms with Gasteiger partial charge >= 0.3 is 5.97 Å². The molecule has 0 atom stereocenters. The van der Waals surface area contributed by atoms with Crippen molar-refractivity contribution in [1.29, 1.82) is 0 Å². The van der Waals surface area contributed by atoms with Crippen LogP contribution in [-0.4, -0.2) is 68.5 Å². The van der Waals surface area contributed by atoms with Gasteiger partial charge in [0, 0.05) is 44.4 Å². The van der Waals surface area contributed by atoms with Crippen molar-refractivity contribution in [2.75, 3.05) is 6.61 Å². The number of amides is 1. The van der Waals surface area contributed by atoms with Crippen LogP contribution < -0.4 is 10.1 Å². The molecule has 4 aromatic rings. The van der Waals surface area contributed by atoms with Crippen LogP contribution >= 0.6 is 0 Å². The summed E-state index contributed by atoms with van der Waals surface area (Å²) in [7, 11) is -15.1. The van der Waals surface area contributed by atoms with E-state index >= 15 is 0 Å². The normalized spacial score (nSPS) is 18.5. The minimum atomic E-state index is -5.06. The first kappa shape index (κ1) is 29.9. The molecule has 0 spiro atoms. The first-order valence-corrected chi connectivity index (χ1v) is 16.6. The molecule has 1 amide bonds. The lowest BCUT2D eigenvalue weighted by molar-refractivity contribution is -0.142. The molecule has 1 saturated carbocycles. The average molecular weight is 642 g/mol. The number of hydrogen-bond donors (Lipinski definition) is 5. The fourth-order valence-corrected chi connectivity index (χ4v) is 7.73.